The summed E-state index contributed by atoms with van der Waals surface area (Å²) in [5.41, 5.74) is -0.676. The van der Waals surface area contributed by atoms with Crippen molar-refractivity contribution in [3.63, 3.8) is 0 Å². The van der Waals surface area contributed by atoms with E-state index >= 15 is 0 Å². The number of piperidine rings is 1. The Morgan fingerprint density at radius 3 is 2.81 bits per heavy atom. The smallest absolute Gasteiger partial charge is 0.315 e. The number of rotatable bonds is 1. The van der Waals surface area contributed by atoms with Crippen LogP contribution in [0, 0.1) is 5.92 Å². The van der Waals surface area contributed by atoms with Crippen molar-refractivity contribution in [2.45, 2.75) is 25.6 Å². The normalized spacial score (nSPS) is 27.0. The minimum Gasteiger partial charge on any atom is -0.315 e. The molecule has 1 fully saturated rings. The fourth-order valence-electron chi connectivity index (χ4n) is 1.99. The Bertz CT molecular complexity index is 358. The van der Waals surface area contributed by atoms with Crippen LogP contribution in [0.5, 0.6) is 0 Å². The van der Waals surface area contributed by atoms with E-state index in [0.29, 0.717) is 12.5 Å². The van der Waals surface area contributed by atoms with Gasteiger partial charge in [-0.05, 0) is 18.9 Å². The number of nitrogens with one attached hydrogen (secondary N) is 1. The summed E-state index contributed by atoms with van der Waals surface area (Å²) in [6.07, 6.45) is -1.36. The Balaban J connectivity index is 2.18. The van der Waals surface area contributed by atoms with Crippen molar-refractivity contribution in [1.82, 2.24) is 15.1 Å². The predicted octanol–water partition coefficient (Wildman–Crippen LogP) is 2.07. The molecule has 90 valence electrons. The number of hydrogen-bond donors (Lipinski definition) is 1. The molecule has 0 amide bonds. The lowest BCUT2D eigenvalue weighted by Gasteiger charge is -2.29. The molecule has 2 rings (SSSR count). The van der Waals surface area contributed by atoms with Crippen LogP contribution in [0.1, 0.15) is 24.9 Å². The van der Waals surface area contributed by atoms with Crippen LogP contribution in [0.3, 0.4) is 0 Å². The third kappa shape index (κ3) is 2.21. The molecule has 1 N–H and O–H groups in total. The third-order valence-electron chi connectivity index (χ3n) is 3.06. The fourth-order valence-corrected chi connectivity index (χ4v) is 1.99. The van der Waals surface area contributed by atoms with Crippen LogP contribution < -0.4 is 5.32 Å². The average Bonchev–Trinajstić information content (AvgIpc) is 2.66. The van der Waals surface area contributed by atoms with Gasteiger partial charge in [0.15, 0.2) is 0 Å². The van der Waals surface area contributed by atoms with E-state index in [1.54, 1.807) is 0 Å². The monoisotopic (exact) mass is 233 g/mol. The Hall–Kier alpha value is -1.04. The lowest BCUT2D eigenvalue weighted by molar-refractivity contribution is -0.137. The molecular formula is C10H14F3N3. The van der Waals surface area contributed by atoms with E-state index in [-0.39, 0.29) is 6.04 Å². The van der Waals surface area contributed by atoms with Gasteiger partial charge in [-0.25, -0.2) is 0 Å². The molecule has 1 aromatic heterocycles. The first-order valence-electron chi connectivity index (χ1n) is 5.30. The van der Waals surface area contributed by atoms with E-state index in [1.165, 1.54) is 4.68 Å². The maximum atomic E-state index is 12.4. The van der Waals surface area contributed by atoms with Crippen LogP contribution in [0.2, 0.25) is 0 Å². The maximum absolute atomic E-state index is 12.4. The second kappa shape index (κ2) is 4.08. The molecule has 2 heterocycles. The van der Waals surface area contributed by atoms with Gasteiger partial charge >= 0.3 is 6.18 Å². The van der Waals surface area contributed by atoms with Gasteiger partial charge in [-0.3, -0.25) is 4.68 Å². The first-order valence-corrected chi connectivity index (χ1v) is 5.30. The van der Waals surface area contributed by atoms with Gasteiger partial charge in [0, 0.05) is 12.7 Å². The molecule has 1 aliphatic rings. The average molecular weight is 233 g/mol. The number of nitrogens with zero attached hydrogens (tertiary/aromatic N) is 2. The SMILES string of the molecule is CC1CCNCC1n1cc(C(F)(F)F)cn1. The zero-order valence-electron chi connectivity index (χ0n) is 8.96. The summed E-state index contributed by atoms with van der Waals surface area (Å²) in [5.74, 6) is 0.349. The zero-order valence-corrected chi connectivity index (χ0v) is 8.96. The molecule has 16 heavy (non-hydrogen) atoms. The van der Waals surface area contributed by atoms with Crippen molar-refractivity contribution in [2.75, 3.05) is 13.1 Å². The van der Waals surface area contributed by atoms with Gasteiger partial charge in [0.25, 0.3) is 0 Å². The van der Waals surface area contributed by atoms with Crippen molar-refractivity contribution >= 4 is 0 Å². The van der Waals surface area contributed by atoms with Gasteiger partial charge in [0.2, 0.25) is 0 Å². The predicted molar refractivity (Wildman–Crippen MR) is 52.9 cm³/mol. The van der Waals surface area contributed by atoms with E-state index < -0.39 is 11.7 Å². The van der Waals surface area contributed by atoms with Gasteiger partial charge < -0.3 is 5.32 Å². The number of aromatic nitrogens is 2. The maximum Gasteiger partial charge on any atom is 0.419 e. The minimum absolute atomic E-state index is 0.0184. The molecule has 2 unspecified atom stereocenters. The Morgan fingerprint density at radius 1 is 1.50 bits per heavy atom. The third-order valence-corrected chi connectivity index (χ3v) is 3.06. The summed E-state index contributed by atoms with van der Waals surface area (Å²) in [6.45, 7) is 3.64. The van der Waals surface area contributed by atoms with Gasteiger partial charge in [-0.2, -0.15) is 18.3 Å². The molecule has 0 bridgehead atoms. The quantitative estimate of drug-likeness (QED) is 0.804. The first kappa shape index (κ1) is 11.4. The van der Waals surface area contributed by atoms with Gasteiger partial charge in [-0.1, -0.05) is 6.92 Å². The molecule has 0 radical (unpaired) electrons. The highest BCUT2D eigenvalue weighted by Crippen LogP contribution is 2.30. The molecule has 3 nitrogen and oxygen atoms in total. The first-order chi connectivity index (χ1) is 7.48. The molecule has 2 atom stereocenters. The minimum atomic E-state index is -4.30. The van der Waals surface area contributed by atoms with Crippen molar-refractivity contribution in [1.29, 1.82) is 0 Å². The largest absolute Gasteiger partial charge is 0.419 e. The summed E-state index contributed by atoms with van der Waals surface area (Å²) in [6, 6.07) is 0.0184. The highest BCUT2D eigenvalue weighted by molar-refractivity contribution is 5.09. The number of halogens is 3. The fraction of sp³-hybridized carbons (Fsp3) is 0.700. The van der Waals surface area contributed by atoms with Crippen molar-refractivity contribution in [3.8, 4) is 0 Å². The van der Waals surface area contributed by atoms with E-state index in [2.05, 4.69) is 10.4 Å². The van der Waals surface area contributed by atoms with Crippen LogP contribution in [0.4, 0.5) is 13.2 Å². The van der Waals surface area contributed by atoms with Gasteiger partial charge in [-0.15, -0.1) is 0 Å². The molecular weight excluding hydrogens is 219 g/mol. The molecule has 0 aliphatic carbocycles. The molecule has 6 heteroatoms. The molecule has 0 aromatic carbocycles. The highest BCUT2D eigenvalue weighted by atomic mass is 19.4. The van der Waals surface area contributed by atoms with E-state index in [4.69, 9.17) is 0 Å². The second-order valence-corrected chi connectivity index (χ2v) is 4.24. The topological polar surface area (TPSA) is 29.9 Å². The highest BCUT2D eigenvalue weighted by Gasteiger charge is 2.33. The number of hydrogen-bond acceptors (Lipinski definition) is 2. The van der Waals surface area contributed by atoms with Crippen molar-refractivity contribution in [3.05, 3.63) is 18.0 Å². The van der Waals surface area contributed by atoms with E-state index in [1.807, 2.05) is 6.92 Å². The van der Waals surface area contributed by atoms with Gasteiger partial charge in [0.05, 0.1) is 17.8 Å². The van der Waals surface area contributed by atoms with Crippen LogP contribution >= 0.6 is 0 Å². The second-order valence-electron chi connectivity index (χ2n) is 4.24. The van der Waals surface area contributed by atoms with Gasteiger partial charge in [0.1, 0.15) is 0 Å². The van der Waals surface area contributed by atoms with Crippen molar-refractivity contribution in [2.24, 2.45) is 5.92 Å². The van der Waals surface area contributed by atoms with E-state index in [0.717, 1.165) is 25.4 Å². The van der Waals surface area contributed by atoms with Crippen LogP contribution in [-0.2, 0) is 6.18 Å². The van der Waals surface area contributed by atoms with E-state index in [9.17, 15) is 13.2 Å². The van der Waals surface area contributed by atoms with Crippen LogP contribution in [-0.4, -0.2) is 22.9 Å². The Labute approximate surface area is 91.6 Å². The summed E-state index contributed by atoms with van der Waals surface area (Å²) >= 11 is 0. The zero-order chi connectivity index (χ0) is 11.8. The molecule has 1 aromatic rings. The standard InChI is InChI=1S/C10H14F3N3/c1-7-2-3-14-5-9(7)16-6-8(4-15-16)10(11,12)13/h4,6-7,9,14H,2-3,5H2,1H3. The molecule has 1 saturated heterocycles. The molecule has 0 spiro atoms. The lowest BCUT2D eigenvalue weighted by atomic mass is 9.95. The Kier molecular flexibility index (Phi) is 2.92. The molecule has 1 aliphatic heterocycles. The number of alkyl halides is 3. The Morgan fingerprint density at radius 2 is 2.25 bits per heavy atom. The summed E-state index contributed by atoms with van der Waals surface area (Å²) < 4.78 is 38.6. The summed E-state index contributed by atoms with van der Waals surface area (Å²) in [4.78, 5) is 0. The van der Waals surface area contributed by atoms with Crippen molar-refractivity contribution < 1.29 is 13.2 Å². The van der Waals surface area contributed by atoms with Crippen LogP contribution in [0.25, 0.3) is 0 Å². The summed E-state index contributed by atoms with van der Waals surface area (Å²) in [5, 5.41) is 6.98. The lowest BCUT2D eigenvalue weighted by Crippen LogP contribution is -2.37. The van der Waals surface area contributed by atoms with Crippen LogP contribution in [0.15, 0.2) is 12.4 Å². The molecule has 0 saturated carbocycles. The summed E-state index contributed by atoms with van der Waals surface area (Å²) in [7, 11) is 0.